The van der Waals surface area contributed by atoms with Crippen molar-refractivity contribution in [1.82, 2.24) is 19.9 Å². The van der Waals surface area contributed by atoms with Gasteiger partial charge in [-0.25, -0.2) is 13.1 Å². The highest BCUT2D eigenvalue weighted by molar-refractivity contribution is 7.89. The molecule has 1 amide bonds. The van der Waals surface area contributed by atoms with Crippen LogP contribution >= 0.6 is 11.3 Å². The van der Waals surface area contributed by atoms with E-state index in [0.29, 0.717) is 10.7 Å². The Hall–Kier alpha value is -2.69. The lowest BCUT2D eigenvalue weighted by atomic mass is 10.2. The lowest BCUT2D eigenvalue weighted by Gasteiger charge is -2.07. The fourth-order valence-corrected chi connectivity index (χ4v) is 3.67. The number of hydrogen-bond acceptors (Lipinski definition) is 7. The highest BCUT2D eigenvalue weighted by Gasteiger charge is 2.15. The molecular weight excluding hydrogens is 374 g/mol. The Labute approximate surface area is 154 Å². The van der Waals surface area contributed by atoms with Gasteiger partial charge in [0.2, 0.25) is 15.2 Å². The number of benzene rings is 1. The molecule has 0 radical (unpaired) electrons. The fourth-order valence-electron chi connectivity index (χ4n) is 2.07. The van der Waals surface area contributed by atoms with Crippen molar-refractivity contribution in [2.75, 3.05) is 5.32 Å². The number of nitrogens with zero attached hydrogens (tertiary/aromatic N) is 3. The van der Waals surface area contributed by atoms with Crippen molar-refractivity contribution in [2.45, 2.75) is 18.4 Å². The third kappa shape index (κ3) is 4.48. The van der Waals surface area contributed by atoms with Gasteiger partial charge >= 0.3 is 0 Å². The Bertz CT molecular complexity index is 1000. The van der Waals surface area contributed by atoms with Crippen LogP contribution in [0.15, 0.2) is 53.7 Å². The molecule has 0 bridgehead atoms. The standard InChI is InChI=1S/C16H15N5O3S2/c1-11-20-21-16(25-11)19-15(22)13-4-6-14(7-5-13)26(23,24)18-10-12-3-2-8-17-9-12/h2-9,18H,10H2,1H3,(H,19,21,22). The molecule has 0 aliphatic rings. The second-order valence-electron chi connectivity index (χ2n) is 5.29. The molecule has 0 aliphatic heterocycles. The number of aryl methyl sites for hydroxylation is 1. The lowest BCUT2D eigenvalue weighted by molar-refractivity contribution is 0.102. The zero-order chi connectivity index (χ0) is 18.6. The number of hydrogen-bond donors (Lipinski definition) is 2. The second-order valence-corrected chi connectivity index (χ2v) is 8.24. The predicted molar refractivity (Wildman–Crippen MR) is 97.3 cm³/mol. The molecule has 0 fully saturated rings. The molecule has 3 rings (SSSR count). The molecular formula is C16H15N5O3S2. The molecule has 26 heavy (non-hydrogen) atoms. The minimum Gasteiger partial charge on any atom is -0.296 e. The van der Waals surface area contributed by atoms with E-state index in [1.807, 2.05) is 0 Å². The van der Waals surface area contributed by atoms with Gasteiger partial charge in [-0.1, -0.05) is 17.4 Å². The van der Waals surface area contributed by atoms with E-state index in [-0.39, 0.29) is 17.3 Å². The summed E-state index contributed by atoms with van der Waals surface area (Å²) in [6.07, 6.45) is 3.20. The molecule has 0 saturated carbocycles. The highest BCUT2D eigenvalue weighted by Crippen LogP contribution is 2.16. The van der Waals surface area contributed by atoms with Gasteiger partial charge in [0.15, 0.2) is 0 Å². The largest absolute Gasteiger partial charge is 0.296 e. The third-order valence-electron chi connectivity index (χ3n) is 3.36. The maximum Gasteiger partial charge on any atom is 0.257 e. The van der Waals surface area contributed by atoms with Crippen molar-refractivity contribution in [1.29, 1.82) is 0 Å². The number of nitrogens with one attached hydrogen (secondary N) is 2. The molecule has 8 nitrogen and oxygen atoms in total. The summed E-state index contributed by atoms with van der Waals surface area (Å²) >= 11 is 1.26. The van der Waals surface area contributed by atoms with Crippen molar-refractivity contribution in [3.05, 3.63) is 64.9 Å². The van der Waals surface area contributed by atoms with Gasteiger partial charge < -0.3 is 0 Å². The first-order valence-corrected chi connectivity index (χ1v) is 9.84. The molecule has 2 N–H and O–H groups in total. The van der Waals surface area contributed by atoms with Crippen LogP contribution in [-0.2, 0) is 16.6 Å². The zero-order valence-electron chi connectivity index (χ0n) is 13.7. The van der Waals surface area contributed by atoms with E-state index in [0.717, 1.165) is 10.6 Å². The number of sulfonamides is 1. The normalized spacial score (nSPS) is 11.3. The first-order chi connectivity index (χ1) is 12.4. The molecule has 0 unspecified atom stereocenters. The fraction of sp³-hybridized carbons (Fsp3) is 0.125. The van der Waals surface area contributed by atoms with Crippen molar-refractivity contribution in [3.8, 4) is 0 Å². The summed E-state index contributed by atoms with van der Waals surface area (Å²) in [6, 6.07) is 9.16. The topological polar surface area (TPSA) is 114 Å². The summed E-state index contributed by atoms with van der Waals surface area (Å²) in [5.41, 5.74) is 1.07. The summed E-state index contributed by atoms with van der Waals surface area (Å²) in [7, 11) is -3.69. The number of aromatic nitrogens is 3. The average Bonchev–Trinajstić information content (AvgIpc) is 3.06. The summed E-state index contributed by atoms with van der Waals surface area (Å²) in [4.78, 5) is 16.2. The molecule has 0 atom stereocenters. The Kier molecular flexibility index (Phi) is 5.35. The van der Waals surface area contributed by atoms with E-state index in [2.05, 4.69) is 25.2 Å². The number of anilines is 1. The van der Waals surface area contributed by atoms with Gasteiger partial charge in [-0.15, -0.1) is 10.2 Å². The van der Waals surface area contributed by atoms with Crippen LogP contribution in [0, 0.1) is 6.92 Å². The van der Waals surface area contributed by atoms with Crippen molar-refractivity contribution in [3.63, 3.8) is 0 Å². The highest BCUT2D eigenvalue weighted by atomic mass is 32.2. The number of amides is 1. The van der Waals surface area contributed by atoms with Gasteiger partial charge in [0, 0.05) is 24.5 Å². The molecule has 0 aliphatic carbocycles. The monoisotopic (exact) mass is 389 g/mol. The summed E-state index contributed by atoms with van der Waals surface area (Å²) in [6.45, 7) is 1.92. The van der Waals surface area contributed by atoms with Crippen LogP contribution in [0.5, 0.6) is 0 Å². The van der Waals surface area contributed by atoms with Crippen molar-refractivity contribution >= 4 is 32.4 Å². The minimum atomic E-state index is -3.69. The minimum absolute atomic E-state index is 0.0738. The SMILES string of the molecule is Cc1nnc(NC(=O)c2ccc(S(=O)(=O)NCc3cccnc3)cc2)s1. The van der Waals surface area contributed by atoms with E-state index < -0.39 is 10.0 Å². The van der Waals surface area contributed by atoms with Gasteiger partial charge in [0.05, 0.1) is 4.90 Å². The van der Waals surface area contributed by atoms with Gasteiger partial charge in [-0.3, -0.25) is 15.1 Å². The smallest absolute Gasteiger partial charge is 0.257 e. The van der Waals surface area contributed by atoms with Crippen LogP contribution in [0.25, 0.3) is 0 Å². The van der Waals surface area contributed by atoms with Crippen LogP contribution in [-0.4, -0.2) is 29.5 Å². The molecule has 10 heteroatoms. The van der Waals surface area contributed by atoms with Crippen LogP contribution in [0.4, 0.5) is 5.13 Å². The Morgan fingerprint density at radius 1 is 1.15 bits per heavy atom. The third-order valence-corrected chi connectivity index (χ3v) is 5.53. The van der Waals surface area contributed by atoms with Crippen LogP contribution in [0.1, 0.15) is 20.9 Å². The van der Waals surface area contributed by atoms with Gasteiger partial charge in [-0.2, -0.15) is 0 Å². The number of pyridine rings is 1. The van der Waals surface area contributed by atoms with Crippen molar-refractivity contribution in [2.24, 2.45) is 0 Å². The molecule has 2 aromatic heterocycles. The quantitative estimate of drug-likeness (QED) is 0.666. The van der Waals surface area contributed by atoms with E-state index in [1.54, 1.807) is 31.5 Å². The van der Waals surface area contributed by atoms with Crippen LogP contribution < -0.4 is 10.0 Å². The first-order valence-electron chi connectivity index (χ1n) is 7.54. The van der Waals surface area contributed by atoms with E-state index in [1.165, 1.54) is 35.6 Å². The van der Waals surface area contributed by atoms with Crippen LogP contribution in [0.3, 0.4) is 0 Å². The zero-order valence-corrected chi connectivity index (χ0v) is 15.3. The maximum atomic E-state index is 12.3. The Morgan fingerprint density at radius 3 is 2.54 bits per heavy atom. The van der Waals surface area contributed by atoms with Crippen molar-refractivity contribution < 1.29 is 13.2 Å². The molecule has 134 valence electrons. The van der Waals surface area contributed by atoms with Gasteiger partial charge in [0.25, 0.3) is 5.91 Å². The summed E-state index contributed by atoms with van der Waals surface area (Å²) in [5.74, 6) is -0.381. The molecule has 0 saturated heterocycles. The Morgan fingerprint density at radius 2 is 1.92 bits per heavy atom. The van der Waals surface area contributed by atoms with Crippen LogP contribution in [0.2, 0.25) is 0 Å². The predicted octanol–water partition coefficient (Wildman–Crippen LogP) is 1.97. The molecule has 1 aromatic carbocycles. The van der Waals surface area contributed by atoms with E-state index in [4.69, 9.17) is 0 Å². The van der Waals surface area contributed by atoms with E-state index >= 15 is 0 Å². The summed E-state index contributed by atoms with van der Waals surface area (Å²) < 4.78 is 27.2. The maximum absolute atomic E-state index is 12.3. The van der Waals surface area contributed by atoms with Gasteiger partial charge in [0.1, 0.15) is 5.01 Å². The number of carbonyl (C=O) groups excluding carboxylic acids is 1. The number of rotatable bonds is 6. The first kappa shape index (κ1) is 18.1. The van der Waals surface area contributed by atoms with Gasteiger partial charge in [-0.05, 0) is 42.8 Å². The number of carbonyl (C=O) groups is 1. The summed E-state index contributed by atoms with van der Waals surface area (Å²) in [5, 5.41) is 11.4. The molecule has 3 aromatic rings. The Balaban J connectivity index is 1.67. The molecule has 2 heterocycles. The lowest BCUT2D eigenvalue weighted by Crippen LogP contribution is -2.23. The molecule has 0 spiro atoms. The average molecular weight is 389 g/mol. The van der Waals surface area contributed by atoms with E-state index in [9.17, 15) is 13.2 Å². The second kappa shape index (κ2) is 7.68.